The van der Waals surface area contributed by atoms with Crippen LogP contribution in [0.2, 0.25) is 0 Å². The van der Waals surface area contributed by atoms with E-state index in [1.807, 2.05) is 26.1 Å². The van der Waals surface area contributed by atoms with E-state index < -0.39 is 0 Å². The number of carbonyl (C=O) groups excluding carboxylic acids is 1. The smallest absolute Gasteiger partial charge is 0.232 e. The van der Waals surface area contributed by atoms with E-state index in [-0.39, 0.29) is 5.91 Å². The summed E-state index contributed by atoms with van der Waals surface area (Å²) in [5, 5.41) is 4.64. The maximum absolute atomic E-state index is 12.0. The Labute approximate surface area is 127 Å². The third-order valence-electron chi connectivity index (χ3n) is 2.86. The second kappa shape index (κ2) is 7.21. The molecular formula is C14H18N4O2S. The van der Waals surface area contributed by atoms with Crippen molar-refractivity contribution in [1.29, 1.82) is 0 Å². The van der Waals surface area contributed by atoms with Crippen LogP contribution in [0.4, 0.5) is 0 Å². The molecule has 21 heavy (non-hydrogen) atoms. The lowest BCUT2D eigenvalue weighted by atomic mass is 10.3. The molecule has 2 aromatic rings. The van der Waals surface area contributed by atoms with Crippen molar-refractivity contribution >= 4 is 17.7 Å². The molecule has 0 N–H and O–H groups in total. The summed E-state index contributed by atoms with van der Waals surface area (Å²) in [4.78, 5) is 22.2. The summed E-state index contributed by atoms with van der Waals surface area (Å²) in [6.07, 6.45) is 2.64. The third-order valence-corrected chi connectivity index (χ3v) is 3.85. The Morgan fingerprint density at radius 1 is 1.48 bits per heavy atom. The molecule has 2 aromatic heterocycles. The molecule has 7 heteroatoms. The number of carbonyl (C=O) groups is 1. The van der Waals surface area contributed by atoms with E-state index in [0.29, 0.717) is 17.5 Å². The summed E-state index contributed by atoms with van der Waals surface area (Å²) in [6.45, 7) is 4.55. The topological polar surface area (TPSA) is 72.1 Å². The van der Waals surface area contributed by atoms with Gasteiger partial charge < -0.3 is 9.42 Å². The lowest BCUT2D eigenvalue weighted by molar-refractivity contribution is -0.127. The molecular weight excluding hydrogens is 288 g/mol. The minimum Gasteiger partial charge on any atom is -0.345 e. The molecule has 0 aliphatic rings. The first-order valence-corrected chi connectivity index (χ1v) is 7.72. The lowest BCUT2D eigenvalue weighted by Gasteiger charge is -2.15. The molecule has 112 valence electrons. The van der Waals surface area contributed by atoms with Crippen LogP contribution < -0.4 is 0 Å². The summed E-state index contributed by atoms with van der Waals surface area (Å²) >= 11 is 1.39. The van der Waals surface area contributed by atoms with Gasteiger partial charge in [-0.15, -0.1) is 0 Å². The van der Waals surface area contributed by atoms with Crippen LogP contribution in [0, 0.1) is 6.92 Å². The number of rotatable bonds is 6. The Bertz CT molecular complexity index is 615. The van der Waals surface area contributed by atoms with Crippen LogP contribution in [0.1, 0.15) is 19.2 Å². The van der Waals surface area contributed by atoms with Crippen LogP contribution in [0.3, 0.4) is 0 Å². The third kappa shape index (κ3) is 4.04. The van der Waals surface area contributed by atoms with Gasteiger partial charge in [0.1, 0.15) is 5.03 Å². The van der Waals surface area contributed by atoms with E-state index in [2.05, 4.69) is 15.1 Å². The Kier molecular flexibility index (Phi) is 5.32. The second-order valence-electron chi connectivity index (χ2n) is 4.60. The first-order valence-electron chi connectivity index (χ1n) is 6.74. The van der Waals surface area contributed by atoms with Gasteiger partial charge >= 0.3 is 0 Å². The van der Waals surface area contributed by atoms with Crippen molar-refractivity contribution < 1.29 is 9.32 Å². The van der Waals surface area contributed by atoms with Crippen LogP contribution in [0.15, 0.2) is 27.9 Å². The minimum absolute atomic E-state index is 0.0859. The molecule has 0 spiro atoms. The maximum atomic E-state index is 12.0. The number of aryl methyl sites for hydroxylation is 1. The molecule has 0 bridgehead atoms. The fourth-order valence-corrected chi connectivity index (χ4v) is 2.72. The Hall–Kier alpha value is -1.89. The van der Waals surface area contributed by atoms with Crippen molar-refractivity contribution in [3.8, 4) is 11.4 Å². The summed E-state index contributed by atoms with van der Waals surface area (Å²) < 4.78 is 5.00. The van der Waals surface area contributed by atoms with Gasteiger partial charge in [0.15, 0.2) is 0 Å². The predicted molar refractivity (Wildman–Crippen MR) is 80.9 cm³/mol. The number of hydrogen-bond donors (Lipinski definition) is 0. The molecule has 0 atom stereocenters. The van der Waals surface area contributed by atoms with Gasteiger partial charge in [0.05, 0.1) is 11.3 Å². The molecule has 0 radical (unpaired) electrons. The maximum Gasteiger partial charge on any atom is 0.232 e. The number of nitrogens with zero attached hydrogens (tertiary/aromatic N) is 4. The zero-order chi connectivity index (χ0) is 15.2. The zero-order valence-electron chi connectivity index (χ0n) is 12.4. The monoisotopic (exact) mass is 306 g/mol. The molecule has 2 heterocycles. The first-order chi connectivity index (χ1) is 10.1. The Balaban J connectivity index is 2.09. The normalized spacial score (nSPS) is 10.6. The van der Waals surface area contributed by atoms with Gasteiger partial charge in [0.2, 0.25) is 17.6 Å². The van der Waals surface area contributed by atoms with E-state index in [0.717, 1.165) is 23.6 Å². The summed E-state index contributed by atoms with van der Waals surface area (Å²) in [5.74, 6) is 1.43. The standard InChI is InChI=1S/C14H18N4O2S/c1-4-8-18(3)12(19)9-21-14-11(6-5-7-15-14)13-16-10(2)20-17-13/h5-7H,4,8-9H2,1-3H3. The average Bonchev–Trinajstić information content (AvgIpc) is 2.91. The molecule has 0 aromatic carbocycles. The minimum atomic E-state index is 0.0859. The van der Waals surface area contributed by atoms with E-state index in [1.54, 1.807) is 18.0 Å². The Morgan fingerprint density at radius 3 is 2.95 bits per heavy atom. The Morgan fingerprint density at radius 2 is 2.29 bits per heavy atom. The van der Waals surface area contributed by atoms with E-state index in [1.165, 1.54) is 11.8 Å². The van der Waals surface area contributed by atoms with Crippen molar-refractivity contribution in [2.24, 2.45) is 0 Å². The van der Waals surface area contributed by atoms with E-state index >= 15 is 0 Å². The number of pyridine rings is 1. The molecule has 0 aliphatic carbocycles. The first kappa shape index (κ1) is 15.5. The van der Waals surface area contributed by atoms with Crippen LogP contribution in [-0.2, 0) is 4.79 Å². The number of hydrogen-bond acceptors (Lipinski definition) is 6. The molecule has 0 unspecified atom stereocenters. The van der Waals surface area contributed by atoms with Crippen LogP contribution >= 0.6 is 11.8 Å². The predicted octanol–water partition coefficient (Wildman–Crippen LogP) is 2.40. The fraction of sp³-hybridized carbons (Fsp3) is 0.429. The average molecular weight is 306 g/mol. The van der Waals surface area contributed by atoms with Crippen molar-refractivity contribution in [2.45, 2.75) is 25.3 Å². The molecule has 0 saturated carbocycles. The van der Waals surface area contributed by atoms with Gasteiger partial charge in [-0.05, 0) is 18.6 Å². The van der Waals surface area contributed by atoms with Gasteiger partial charge in [-0.3, -0.25) is 4.79 Å². The van der Waals surface area contributed by atoms with Gasteiger partial charge in [-0.1, -0.05) is 23.8 Å². The zero-order valence-corrected chi connectivity index (χ0v) is 13.2. The van der Waals surface area contributed by atoms with Crippen molar-refractivity contribution in [1.82, 2.24) is 20.0 Å². The summed E-state index contributed by atoms with van der Waals surface area (Å²) in [5.41, 5.74) is 0.783. The number of thioether (sulfide) groups is 1. The van der Waals surface area contributed by atoms with Gasteiger partial charge in [-0.25, -0.2) is 4.98 Å². The van der Waals surface area contributed by atoms with Crippen molar-refractivity contribution in [3.05, 3.63) is 24.2 Å². The molecule has 1 amide bonds. The van der Waals surface area contributed by atoms with Crippen molar-refractivity contribution in [3.63, 3.8) is 0 Å². The molecule has 0 saturated heterocycles. The summed E-state index contributed by atoms with van der Waals surface area (Å²) in [6, 6.07) is 3.69. The number of aromatic nitrogens is 3. The highest BCUT2D eigenvalue weighted by Gasteiger charge is 2.15. The van der Waals surface area contributed by atoms with E-state index in [9.17, 15) is 4.79 Å². The van der Waals surface area contributed by atoms with Crippen LogP contribution in [0.25, 0.3) is 11.4 Å². The summed E-state index contributed by atoms with van der Waals surface area (Å²) in [7, 11) is 1.81. The second-order valence-corrected chi connectivity index (χ2v) is 5.56. The molecule has 0 fully saturated rings. The van der Waals surface area contributed by atoms with Crippen LogP contribution in [-0.4, -0.2) is 45.3 Å². The van der Waals surface area contributed by atoms with Gasteiger partial charge in [0.25, 0.3) is 0 Å². The van der Waals surface area contributed by atoms with E-state index in [4.69, 9.17) is 4.52 Å². The SMILES string of the molecule is CCCN(C)C(=O)CSc1ncccc1-c1noc(C)n1. The number of amides is 1. The lowest BCUT2D eigenvalue weighted by Crippen LogP contribution is -2.28. The fourth-order valence-electron chi connectivity index (χ4n) is 1.79. The largest absolute Gasteiger partial charge is 0.345 e. The highest BCUT2D eigenvalue weighted by Crippen LogP contribution is 2.27. The highest BCUT2D eigenvalue weighted by atomic mass is 32.2. The van der Waals surface area contributed by atoms with Gasteiger partial charge in [0, 0.05) is 26.7 Å². The molecule has 6 nitrogen and oxygen atoms in total. The quantitative estimate of drug-likeness (QED) is 0.763. The van der Waals surface area contributed by atoms with Gasteiger partial charge in [-0.2, -0.15) is 4.98 Å². The van der Waals surface area contributed by atoms with Crippen LogP contribution in [0.5, 0.6) is 0 Å². The molecule has 2 rings (SSSR count). The highest BCUT2D eigenvalue weighted by molar-refractivity contribution is 8.00. The molecule has 0 aliphatic heterocycles. The van der Waals surface area contributed by atoms with Crippen molar-refractivity contribution in [2.75, 3.05) is 19.3 Å².